The smallest absolute Gasteiger partial charge is 0.336 e. The van der Waals surface area contributed by atoms with Gasteiger partial charge >= 0.3 is 6.03 Å². The average Bonchev–Trinajstić information content (AvgIpc) is 3.40. The van der Waals surface area contributed by atoms with E-state index in [1.165, 1.54) is 12.1 Å². The van der Waals surface area contributed by atoms with E-state index in [1.54, 1.807) is 31.2 Å². The molecule has 0 atom stereocenters. The second kappa shape index (κ2) is 12.4. The van der Waals surface area contributed by atoms with E-state index < -0.39 is 17.8 Å². The summed E-state index contributed by atoms with van der Waals surface area (Å²) in [6.07, 6.45) is 1.43. The number of barbiturate groups is 1. The lowest BCUT2D eigenvalue weighted by Gasteiger charge is -2.28. The molecule has 12 heteroatoms. The third-order valence-corrected chi connectivity index (χ3v) is 7.43. The van der Waals surface area contributed by atoms with E-state index in [0.29, 0.717) is 52.0 Å². The molecule has 0 unspecified atom stereocenters. The van der Waals surface area contributed by atoms with Crippen LogP contribution in [0.3, 0.4) is 0 Å². The molecule has 1 N–H and O–H groups in total. The van der Waals surface area contributed by atoms with E-state index in [2.05, 4.69) is 43.8 Å². The molecule has 0 spiro atoms. The van der Waals surface area contributed by atoms with E-state index in [4.69, 9.17) is 23.7 Å². The second-order valence-corrected chi connectivity index (χ2v) is 10.8. The molecule has 0 bridgehead atoms. The zero-order valence-corrected chi connectivity index (χ0v) is 25.7. The third-order valence-electron chi connectivity index (χ3n) is 6.04. The van der Waals surface area contributed by atoms with Gasteiger partial charge < -0.3 is 23.7 Å². The molecule has 3 aromatic carbocycles. The molecule has 3 aromatic rings. The number of amides is 4. The Morgan fingerprint density at radius 1 is 0.976 bits per heavy atom. The lowest BCUT2D eigenvalue weighted by atomic mass is 10.1. The van der Waals surface area contributed by atoms with Crippen molar-refractivity contribution in [3.05, 3.63) is 73.3 Å². The third kappa shape index (κ3) is 6.12. The summed E-state index contributed by atoms with van der Waals surface area (Å²) in [6.45, 7) is 4.78. The second-order valence-electron chi connectivity index (χ2n) is 8.74. The van der Waals surface area contributed by atoms with Gasteiger partial charge in [0.1, 0.15) is 29.4 Å². The molecule has 0 saturated carbocycles. The van der Waals surface area contributed by atoms with Crippen molar-refractivity contribution in [2.75, 3.05) is 24.9 Å². The van der Waals surface area contributed by atoms with Gasteiger partial charge in [0.15, 0.2) is 11.5 Å². The van der Waals surface area contributed by atoms with Crippen molar-refractivity contribution in [3.63, 3.8) is 0 Å². The number of fused-ring (bicyclic) bond motifs is 1. The number of halogens is 2. The first-order valence-corrected chi connectivity index (χ1v) is 14.5. The summed E-state index contributed by atoms with van der Waals surface area (Å²) in [4.78, 5) is 40.1. The number of urea groups is 1. The summed E-state index contributed by atoms with van der Waals surface area (Å²) < 4.78 is 29.4. The molecule has 2 aliphatic rings. The number of imide groups is 2. The van der Waals surface area contributed by atoms with Crippen LogP contribution in [0, 0.1) is 3.57 Å². The summed E-state index contributed by atoms with van der Waals surface area (Å²) >= 11 is 5.66. The van der Waals surface area contributed by atoms with Crippen LogP contribution in [0.5, 0.6) is 28.7 Å². The van der Waals surface area contributed by atoms with E-state index >= 15 is 0 Å². The van der Waals surface area contributed by atoms with Crippen LogP contribution in [0.4, 0.5) is 10.5 Å². The van der Waals surface area contributed by atoms with Crippen molar-refractivity contribution in [2.45, 2.75) is 20.5 Å². The molecule has 4 amide bonds. The minimum absolute atomic E-state index is 0.168. The predicted octanol–water partition coefficient (Wildman–Crippen LogP) is 5.83. The van der Waals surface area contributed by atoms with Crippen LogP contribution < -0.4 is 33.9 Å². The minimum Gasteiger partial charge on any atom is -0.494 e. The first-order valence-electron chi connectivity index (χ1n) is 12.6. The van der Waals surface area contributed by atoms with Gasteiger partial charge in [-0.2, -0.15) is 0 Å². The summed E-state index contributed by atoms with van der Waals surface area (Å²) in [5.41, 5.74) is 1.40. The van der Waals surface area contributed by atoms with Gasteiger partial charge in [0, 0.05) is 6.07 Å². The van der Waals surface area contributed by atoms with Gasteiger partial charge in [-0.05, 0) is 106 Å². The van der Waals surface area contributed by atoms with Gasteiger partial charge in [0.2, 0.25) is 6.79 Å². The molecule has 0 aliphatic carbocycles. The normalized spacial score (nSPS) is 15.3. The Bertz CT molecular complexity index is 1550. The molecule has 2 heterocycles. The Labute approximate surface area is 257 Å². The fraction of sp³-hybridized carbons (Fsp3) is 0.207. The average molecular weight is 735 g/mol. The minimum atomic E-state index is -0.880. The van der Waals surface area contributed by atoms with Crippen molar-refractivity contribution in [2.24, 2.45) is 0 Å². The molecule has 1 fully saturated rings. The molecule has 5 rings (SSSR count). The monoisotopic (exact) mass is 734 g/mol. The highest BCUT2D eigenvalue weighted by Crippen LogP contribution is 2.37. The quantitative estimate of drug-likeness (QED) is 0.166. The van der Waals surface area contributed by atoms with Crippen molar-refractivity contribution in [1.82, 2.24) is 5.32 Å². The fourth-order valence-electron chi connectivity index (χ4n) is 4.24. The van der Waals surface area contributed by atoms with Gasteiger partial charge in [0.05, 0.1) is 26.9 Å². The number of carbonyl (C=O) groups excluding carboxylic acids is 3. The van der Waals surface area contributed by atoms with Crippen molar-refractivity contribution >= 4 is 68.1 Å². The topological polar surface area (TPSA) is 113 Å². The first-order chi connectivity index (χ1) is 19.8. The number of nitrogens with one attached hydrogen (secondary N) is 1. The Balaban J connectivity index is 1.41. The van der Waals surface area contributed by atoms with Crippen LogP contribution in [0.25, 0.3) is 6.08 Å². The van der Waals surface area contributed by atoms with Gasteiger partial charge in [-0.3, -0.25) is 14.9 Å². The molecular weight excluding hydrogens is 711 g/mol. The predicted molar refractivity (Wildman–Crippen MR) is 162 cm³/mol. The number of ether oxygens (including phenoxy) is 5. The van der Waals surface area contributed by atoms with Crippen LogP contribution in [-0.4, -0.2) is 37.9 Å². The molecule has 41 heavy (non-hydrogen) atoms. The van der Waals surface area contributed by atoms with E-state index in [-0.39, 0.29) is 24.7 Å². The Morgan fingerprint density at radius 2 is 1.76 bits per heavy atom. The number of nitrogens with zero attached hydrogens (tertiary/aromatic N) is 1. The fourth-order valence-corrected chi connectivity index (χ4v) is 6.00. The molecule has 2 aliphatic heterocycles. The Morgan fingerprint density at radius 3 is 2.51 bits per heavy atom. The maximum Gasteiger partial charge on any atom is 0.336 e. The highest BCUT2D eigenvalue weighted by molar-refractivity contribution is 14.1. The van der Waals surface area contributed by atoms with Crippen LogP contribution in [0.15, 0.2) is 58.6 Å². The Kier molecular flexibility index (Phi) is 8.68. The number of benzene rings is 3. The van der Waals surface area contributed by atoms with Gasteiger partial charge in [-0.15, -0.1) is 0 Å². The molecule has 1 saturated heterocycles. The van der Waals surface area contributed by atoms with Crippen LogP contribution in [0.1, 0.15) is 25.0 Å². The van der Waals surface area contributed by atoms with E-state index in [9.17, 15) is 14.4 Å². The molecular formula is C29H24BrIN2O8. The lowest BCUT2D eigenvalue weighted by Crippen LogP contribution is -2.54. The van der Waals surface area contributed by atoms with Gasteiger partial charge in [-0.25, -0.2) is 9.69 Å². The summed E-state index contributed by atoms with van der Waals surface area (Å²) in [7, 11) is 0. The summed E-state index contributed by atoms with van der Waals surface area (Å²) in [6, 6.07) is 13.1. The molecule has 10 nitrogen and oxygen atoms in total. The van der Waals surface area contributed by atoms with E-state index in [1.807, 2.05) is 25.1 Å². The van der Waals surface area contributed by atoms with Crippen LogP contribution >= 0.6 is 38.5 Å². The summed E-state index contributed by atoms with van der Waals surface area (Å²) in [5, 5.41) is 2.25. The summed E-state index contributed by atoms with van der Waals surface area (Å²) in [5.74, 6) is 1.11. The lowest BCUT2D eigenvalue weighted by molar-refractivity contribution is -0.122. The molecule has 212 valence electrons. The van der Waals surface area contributed by atoms with Gasteiger partial charge in [-0.1, -0.05) is 6.07 Å². The van der Waals surface area contributed by atoms with Crippen molar-refractivity contribution in [1.29, 1.82) is 0 Å². The standard InChI is InChI=1S/C29H24BrIN2O8/c1-3-37-18-6-8-23(38-4-2)22(13-18)33-28(35)19(27(34)32-29(33)36)9-17-10-20(30)26(21(31)11-17)39-14-16-5-7-24-25(12-16)41-15-40-24/h5-13H,3-4,14-15H2,1-2H3,(H,32,34,36)/b19-9+. The molecule has 0 radical (unpaired) electrons. The Hall–Kier alpha value is -3.78. The zero-order chi connectivity index (χ0) is 29.1. The van der Waals surface area contributed by atoms with Crippen molar-refractivity contribution in [3.8, 4) is 28.7 Å². The highest BCUT2D eigenvalue weighted by atomic mass is 127. The number of anilines is 1. The maximum atomic E-state index is 13.6. The SMILES string of the molecule is CCOc1ccc(OCC)c(N2C(=O)NC(=O)/C(=C\c3cc(Br)c(OCc4ccc5c(c4)OCO5)c(I)c3)C2=O)c1. The number of rotatable bonds is 9. The maximum absolute atomic E-state index is 13.6. The van der Waals surface area contributed by atoms with E-state index in [0.717, 1.165) is 14.0 Å². The molecule has 0 aromatic heterocycles. The van der Waals surface area contributed by atoms with Gasteiger partial charge in [0.25, 0.3) is 11.8 Å². The zero-order valence-electron chi connectivity index (χ0n) is 22.0. The first kappa shape index (κ1) is 28.7. The number of hydrogen-bond donors (Lipinski definition) is 1. The highest BCUT2D eigenvalue weighted by Gasteiger charge is 2.38. The number of hydrogen-bond acceptors (Lipinski definition) is 8. The van der Waals surface area contributed by atoms with Crippen LogP contribution in [-0.2, 0) is 16.2 Å². The van der Waals surface area contributed by atoms with Crippen LogP contribution in [0.2, 0.25) is 0 Å². The number of carbonyl (C=O) groups is 3. The largest absolute Gasteiger partial charge is 0.494 e. The van der Waals surface area contributed by atoms with Crippen molar-refractivity contribution < 1.29 is 38.1 Å².